The fourth-order valence-corrected chi connectivity index (χ4v) is 6.21. The van der Waals surface area contributed by atoms with Gasteiger partial charge in [0.05, 0.1) is 12.8 Å². The lowest BCUT2D eigenvalue weighted by Crippen LogP contribution is -2.50. The third-order valence-corrected chi connectivity index (χ3v) is 7.99. The number of methoxy groups -OCH3 is 1. The van der Waals surface area contributed by atoms with Crippen molar-refractivity contribution in [2.24, 2.45) is 0 Å². The Hall–Kier alpha value is -2.10. The average molecular weight is 495 g/mol. The zero-order chi connectivity index (χ0) is 21.5. The number of sulfonamides is 1. The Bertz CT molecular complexity index is 1080. The van der Waals surface area contributed by atoms with Crippen LogP contribution in [0.1, 0.15) is 24.0 Å². The monoisotopic (exact) mass is 494 g/mol. The Morgan fingerprint density at radius 2 is 1.87 bits per heavy atom. The Kier molecular flexibility index (Phi) is 5.78. The highest BCUT2D eigenvalue weighted by Gasteiger charge is 2.37. The summed E-state index contributed by atoms with van der Waals surface area (Å²) in [4.78, 5) is 14.3. The molecule has 0 unspecified atom stereocenters. The summed E-state index contributed by atoms with van der Waals surface area (Å²) < 4.78 is 39.2. The third-order valence-electron chi connectivity index (χ3n) is 5.57. The number of rotatable bonds is 4. The lowest BCUT2D eigenvalue weighted by atomic mass is 10.0. The smallest absolute Gasteiger partial charge is 0.414 e. The zero-order valence-electron chi connectivity index (χ0n) is 16.8. The van der Waals surface area contributed by atoms with Gasteiger partial charge in [0.25, 0.3) is 0 Å². The molecule has 160 valence electrons. The molecule has 1 amide bonds. The molecule has 2 heterocycles. The fraction of sp³-hybridized carbons (Fsp3) is 0.381. The van der Waals surface area contributed by atoms with Gasteiger partial charge in [0, 0.05) is 29.2 Å². The van der Waals surface area contributed by atoms with Crippen LogP contribution in [0.25, 0.3) is 0 Å². The Morgan fingerprint density at radius 3 is 2.57 bits per heavy atom. The van der Waals surface area contributed by atoms with E-state index in [1.807, 2.05) is 25.1 Å². The Morgan fingerprint density at radius 1 is 1.13 bits per heavy atom. The predicted octanol–water partition coefficient (Wildman–Crippen LogP) is 4.08. The van der Waals surface area contributed by atoms with Crippen LogP contribution in [-0.2, 0) is 21.4 Å². The summed E-state index contributed by atoms with van der Waals surface area (Å²) >= 11 is 3.33. The lowest BCUT2D eigenvalue weighted by molar-refractivity contribution is 0.135. The minimum atomic E-state index is -3.72. The van der Waals surface area contributed by atoms with Crippen LogP contribution >= 0.6 is 15.9 Å². The first-order chi connectivity index (χ1) is 14.3. The van der Waals surface area contributed by atoms with Crippen molar-refractivity contribution in [1.29, 1.82) is 0 Å². The van der Waals surface area contributed by atoms with Crippen LogP contribution in [0.5, 0.6) is 5.75 Å². The molecule has 4 rings (SSSR count). The minimum absolute atomic E-state index is 0.116. The van der Waals surface area contributed by atoms with Crippen LogP contribution in [0.4, 0.5) is 10.5 Å². The average Bonchev–Trinajstić information content (AvgIpc) is 2.74. The molecule has 2 aromatic rings. The fourth-order valence-electron chi connectivity index (χ4n) is 4.05. The molecule has 0 N–H and O–H groups in total. The van der Waals surface area contributed by atoms with E-state index >= 15 is 0 Å². The van der Waals surface area contributed by atoms with Crippen LogP contribution < -0.4 is 9.64 Å². The molecule has 9 heteroatoms. The van der Waals surface area contributed by atoms with Crippen LogP contribution in [-0.4, -0.2) is 45.1 Å². The lowest BCUT2D eigenvalue weighted by Gasteiger charge is -2.40. The highest BCUT2D eigenvalue weighted by Crippen LogP contribution is 2.35. The van der Waals surface area contributed by atoms with Crippen molar-refractivity contribution < 1.29 is 22.7 Å². The van der Waals surface area contributed by atoms with Gasteiger partial charge in [-0.1, -0.05) is 33.6 Å². The summed E-state index contributed by atoms with van der Waals surface area (Å²) in [6.45, 7) is 2.89. The van der Waals surface area contributed by atoms with E-state index in [0.717, 1.165) is 16.8 Å². The summed E-state index contributed by atoms with van der Waals surface area (Å²) in [7, 11) is -2.26. The number of fused-ring (bicyclic) bond motifs is 1. The summed E-state index contributed by atoms with van der Waals surface area (Å²) in [5.74, 6) is 0.309. The number of nitrogens with zero attached hydrogens (tertiary/aromatic N) is 2. The number of carbonyl (C=O) groups is 1. The number of aryl methyl sites for hydroxylation is 1. The van der Waals surface area contributed by atoms with Gasteiger partial charge in [-0.15, -0.1) is 0 Å². The Labute approximate surface area is 184 Å². The van der Waals surface area contributed by atoms with Gasteiger partial charge in [0.1, 0.15) is 17.3 Å². The summed E-state index contributed by atoms with van der Waals surface area (Å²) in [6, 6.07) is 10.8. The van der Waals surface area contributed by atoms with Gasteiger partial charge < -0.3 is 9.47 Å². The summed E-state index contributed by atoms with van der Waals surface area (Å²) in [5, 5.41) is 0. The standard InChI is InChI=1S/C21H23BrN2O5S/c1-14-3-5-18-15(11-14)13-29-21(25)24(18)17-7-9-23(10-8-17)30(26,27)20-12-16(22)4-6-19(20)28-2/h3-6,11-12,17H,7-10,13H2,1-2H3. The second-order valence-corrected chi connectivity index (χ2v) is 10.3. The van der Waals surface area contributed by atoms with Crippen molar-refractivity contribution in [1.82, 2.24) is 4.31 Å². The number of benzene rings is 2. The maximum Gasteiger partial charge on any atom is 0.414 e. The number of piperidine rings is 1. The normalized spacial score (nSPS) is 18.1. The molecule has 0 spiro atoms. The van der Waals surface area contributed by atoms with Crippen molar-refractivity contribution in [3.05, 3.63) is 52.0 Å². The molecule has 0 aromatic heterocycles. The molecule has 2 aliphatic heterocycles. The molecule has 30 heavy (non-hydrogen) atoms. The van der Waals surface area contributed by atoms with E-state index < -0.39 is 10.0 Å². The molecule has 2 aliphatic rings. The molecular weight excluding hydrogens is 472 g/mol. The van der Waals surface area contributed by atoms with Gasteiger partial charge in [-0.05, 0) is 44.0 Å². The number of cyclic esters (lactones) is 1. The first-order valence-corrected chi connectivity index (χ1v) is 11.9. The number of carbonyl (C=O) groups excluding carboxylic acids is 1. The van der Waals surface area contributed by atoms with Gasteiger partial charge in [-0.25, -0.2) is 13.2 Å². The molecule has 2 aromatic carbocycles. The van der Waals surface area contributed by atoms with Crippen LogP contribution in [0, 0.1) is 6.92 Å². The van der Waals surface area contributed by atoms with Crippen LogP contribution in [0.2, 0.25) is 0 Å². The van der Waals surface area contributed by atoms with E-state index in [1.54, 1.807) is 23.1 Å². The Balaban J connectivity index is 1.55. The predicted molar refractivity (Wildman–Crippen MR) is 116 cm³/mol. The van der Waals surface area contributed by atoms with Crippen molar-refractivity contribution in [2.45, 2.75) is 37.3 Å². The summed E-state index contributed by atoms with van der Waals surface area (Å²) in [6.07, 6.45) is 0.678. The first-order valence-electron chi connectivity index (χ1n) is 9.70. The maximum absolute atomic E-state index is 13.2. The first kappa shape index (κ1) is 21.1. The topological polar surface area (TPSA) is 76.2 Å². The molecule has 1 fully saturated rings. The van der Waals surface area contributed by atoms with Gasteiger partial charge in [0.2, 0.25) is 10.0 Å². The second kappa shape index (κ2) is 8.20. The zero-order valence-corrected chi connectivity index (χ0v) is 19.2. The molecule has 0 aliphatic carbocycles. The number of ether oxygens (including phenoxy) is 2. The highest BCUT2D eigenvalue weighted by molar-refractivity contribution is 9.10. The molecule has 0 atom stereocenters. The SMILES string of the molecule is COc1ccc(Br)cc1S(=O)(=O)N1CCC(N2C(=O)OCc3cc(C)ccc32)CC1. The van der Waals surface area contributed by atoms with E-state index in [4.69, 9.17) is 9.47 Å². The second-order valence-electron chi connectivity index (χ2n) is 7.49. The van der Waals surface area contributed by atoms with Crippen molar-refractivity contribution in [3.63, 3.8) is 0 Å². The van der Waals surface area contributed by atoms with Crippen LogP contribution in [0.15, 0.2) is 45.8 Å². The molecule has 1 saturated heterocycles. The van der Waals surface area contributed by atoms with Gasteiger partial charge >= 0.3 is 6.09 Å². The molecule has 7 nitrogen and oxygen atoms in total. The maximum atomic E-state index is 13.2. The number of halogens is 1. The van der Waals surface area contributed by atoms with Crippen molar-refractivity contribution in [3.8, 4) is 5.75 Å². The van der Waals surface area contributed by atoms with Crippen molar-refractivity contribution in [2.75, 3.05) is 25.1 Å². The van der Waals surface area contributed by atoms with E-state index in [1.165, 1.54) is 11.4 Å². The van der Waals surface area contributed by atoms with E-state index in [0.29, 0.717) is 36.2 Å². The summed E-state index contributed by atoms with van der Waals surface area (Å²) in [5.41, 5.74) is 2.94. The van der Waals surface area contributed by atoms with Crippen LogP contribution in [0.3, 0.4) is 0 Å². The minimum Gasteiger partial charge on any atom is -0.495 e. The van der Waals surface area contributed by atoms with Gasteiger partial charge in [0.15, 0.2) is 0 Å². The van der Waals surface area contributed by atoms with E-state index in [2.05, 4.69) is 15.9 Å². The van der Waals surface area contributed by atoms with E-state index in [9.17, 15) is 13.2 Å². The van der Waals surface area contributed by atoms with Gasteiger partial charge in [-0.3, -0.25) is 4.90 Å². The number of amides is 1. The number of hydrogen-bond donors (Lipinski definition) is 0. The molecule has 0 bridgehead atoms. The highest BCUT2D eigenvalue weighted by atomic mass is 79.9. The quantitative estimate of drug-likeness (QED) is 0.639. The molecular formula is C21H23BrN2O5S. The molecule has 0 saturated carbocycles. The number of hydrogen-bond acceptors (Lipinski definition) is 5. The molecule has 0 radical (unpaired) electrons. The largest absolute Gasteiger partial charge is 0.495 e. The third kappa shape index (κ3) is 3.81. The number of anilines is 1. The van der Waals surface area contributed by atoms with Gasteiger partial charge in [-0.2, -0.15) is 4.31 Å². The van der Waals surface area contributed by atoms with E-state index in [-0.39, 0.29) is 23.6 Å². The van der Waals surface area contributed by atoms with Crippen molar-refractivity contribution >= 4 is 37.7 Å².